The van der Waals surface area contributed by atoms with Gasteiger partial charge in [0.25, 0.3) is 0 Å². The summed E-state index contributed by atoms with van der Waals surface area (Å²) in [4.78, 5) is 10.7. The van der Waals surface area contributed by atoms with Crippen LogP contribution in [-0.2, 0) is 6.61 Å². The van der Waals surface area contributed by atoms with Gasteiger partial charge in [-0.05, 0) is 29.8 Å². The van der Waals surface area contributed by atoms with Crippen molar-refractivity contribution in [3.05, 3.63) is 63.9 Å². The quantitative estimate of drug-likeness (QED) is 0.928. The van der Waals surface area contributed by atoms with Gasteiger partial charge in [-0.3, -0.25) is 0 Å². The molecule has 0 radical (unpaired) electrons. The minimum absolute atomic E-state index is 0.283. The van der Waals surface area contributed by atoms with E-state index in [0.717, 1.165) is 16.1 Å². The van der Waals surface area contributed by atoms with E-state index in [1.54, 1.807) is 0 Å². The van der Waals surface area contributed by atoms with E-state index >= 15 is 0 Å². The summed E-state index contributed by atoms with van der Waals surface area (Å²) in [5.41, 5.74) is 0.562. The van der Waals surface area contributed by atoms with Gasteiger partial charge >= 0.3 is 5.97 Å². The highest BCUT2D eigenvalue weighted by molar-refractivity contribution is 9.10. The van der Waals surface area contributed by atoms with E-state index in [2.05, 4.69) is 15.9 Å². The molecule has 0 atom stereocenters. The third-order valence-corrected chi connectivity index (χ3v) is 2.96. The van der Waals surface area contributed by atoms with E-state index in [1.807, 2.05) is 24.3 Å². The number of benzene rings is 2. The van der Waals surface area contributed by atoms with Crippen LogP contribution in [0.15, 0.2) is 46.9 Å². The van der Waals surface area contributed by atoms with Crippen molar-refractivity contribution in [3.8, 4) is 5.75 Å². The van der Waals surface area contributed by atoms with Gasteiger partial charge in [-0.25, -0.2) is 9.18 Å². The Kier molecular flexibility index (Phi) is 4.16. The second-order valence-electron chi connectivity index (χ2n) is 3.87. The van der Waals surface area contributed by atoms with Crippen LogP contribution in [0.3, 0.4) is 0 Å². The monoisotopic (exact) mass is 324 g/mol. The Bertz CT molecular complexity index is 613. The zero-order valence-electron chi connectivity index (χ0n) is 9.77. The van der Waals surface area contributed by atoms with Crippen LogP contribution in [-0.4, -0.2) is 11.1 Å². The van der Waals surface area contributed by atoms with E-state index in [1.165, 1.54) is 12.1 Å². The van der Waals surface area contributed by atoms with Gasteiger partial charge in [-0.15, -0.1) is 0 Å². The molecule has 0 aliphatic rings. The number of carboxylic acids is 1. The van der Waals surface area contributed by atoms with Crippen LogP contribution < -0.4 is 4.74 Å². The van der Waals surface area contributed by atoms with Crippen LogP contribution in [0.4, 0.5) is 4.39 Å². The highest BCUT2D eigenvalue weighted by atomic mass is 79.9. The molecule has 0 spiro atoms. The molecule has 0 fully saturated rings. The summed E-state index contributed by atoms with van der Waals surface area (Å²) in [5, 5.41) is 8.71. The van der Waals surface area contributed by atoms with Gasteiger partial charge in [0.05, 0.1) is 5.56 Å². The standard InChI is InChI=1S/C14H10BrFO3/c15-10-3-1-2-9(6-10)8-19-11-4-5-12(14(17)18)13(16)7-11/h1-7H,8H2,(H,17,18). The van der Waals surface area contributed by atoms with Crippen molar-refractivity contribution < 1.29 is 19.0 Å². The third kappa shape index (κ3) is 3.54. The summed E-state index contributed by atoms with van der Waals surface area (Å²) in [5.74, 6) is -1.81. The fourth-order valence-corrected chi connectivity index (χ4v) is 2.00. The first-order valence-electron chi connectivity index (χ1n) is 5.46. The molecule has 2 rings (SSSR count). The van der Waals surface area contributed by atoms with Gasteiger partial charge in [-0.1, -0.05) is 28.1 Å². The zero-order chi connectivity index (χ0) is 13.8. The molecule has 2 aromatic carbocycles. The minimum atomic E-state index is -1.30. The Morgan fingerprint density at radius 1 is 1.26 bits per heavy atom. The summed E-state index contributed by atoms with van der Waals surface area (Å²) in [6, 6.07) is 11.2. The average molecular weight is 325 g/mol. The number of aromatic carboxylic acids is 1. The second kappa shape index (κ2) is 5.84. The average Bonchev–Trinajstić information content (AvgIpc) is 2.36. The molecule has 98 valence electrons. The van der Waals surface area contributed by atoms with Crippen LogP contribution in [0.5, 0.6) is 5.75 Å². The van der Waals surface area contributed by atoms with Crippen LogP contribution >= 0.6 is 15.9 Å². The number of rotatable bonds is 4. The molecule has 0 saturated carbocycles. The van der Waals surface area contributed by atoms with E-state index in [-0.39, 0.29) is 12.2 Å². The molecule has 1 N–H and O–H groups in total. The summed E-state index contributed by atoms with van der Waals surface area (Å²) < 4.78 is 19.8. The molecule has 2 aromatic rings. The molecule has 0 aliphatic carbocycles. The van der Waals surface area contributed by atoms with Crippen molar-refractivity contribution in [2.75, 3.05) is 0 Å². The zero-order valence-corrected chi connectivity index (χ0v) is 11.4. The van der Waals surface area contributed by atoms with Crippen molar-refractivity contribution >= 4 is 21.9 Å². The largest absolute Gasteiger partial charge is 0.489 e. The van der Waals surface area contributed by atoms with E-state index in [0.29, 0.717) is 5.75 Å². The molecule has 0 unspecified atom stereocenters. The van der Waals surface area contributed by atoms with Gasteiger partial charge in [0.1, 0.15) is 18.2 Å². The maximum atomic E-state index is 13.4. The van der Waals surface area contributed by atoms with Gasteiger partial charge in [0, 0.05) is 10.5 Å². The number of hydrogen-bond donors (Lipinski definition) is 1. The first-order chi connectivity index (χ1) is 9.06. The molecule has 0 aromatic heterocycles. The van der Waals surface area contributed by atoms with Crippen molar-refractivity contribution in [1.29, 1.82) is 0 Å². The van der Waals surface area contributed by atoms with Crippen molar-refractivity contribution in [3.63, 3.8) is 0 Å². The van der Waals surface area contributed by atoms with Crippen LogP contribution in [0, 0.1) is 5.82 Å². The smallest absolute Gasteiger partial charge is 0.338 e. The molecule has 5 heteroatoms. The molecule has 0 bridgehead atoms. The van der Waals surface area contributed by atoms with Gasteiger partial charge < -0.3 is 9.84 Å². The molecule has 0 aliphatic heterocycles. The normalized spacial score (nSPS) is 10.2. The maximum absolute atomic E-state index is 13.4. The van der Waals surface area contributed by atoms with Crippen molar-refractivity contribution in [2.24, 2.45) is 0 Å². The minimum Gasteiger partial charge on any atom is -0.489 e. The lowest BCUT2D eigenvalue weighted by molar-refractivity contribution is 0.0692. The number of carboxylic acid groups (broad SMARTS) is 1. The van der Waals surface area contributed by atoms with Crippen molar-refractivity contribution in [1.82, 2.24) is 0 Å². The highest BCUT2D eigenvalue weighted by Crippen LogP contribution is 2.19. The van der Waals surface area contributed by atoms with Gasteiger partial charge in [0.15, 0.2) is 0 Å². The summed E-state index contributed by atoms with van der Waals surface area (Å²) in [6.07, 6.45) is 0. The number of ether oxygens (including phenoxy) is 1. The Balaban J connectivity index is 2.08. The lowest BCUT2D eigenvalue weighted by Crippen LogP contribution is -2.01. The number of hydrogen-bond acceptors (Lipinski definition) is 2. The Morgan fingerprint density at radius 2 is 2.05 bits per heavy atom. The van der Waals surface area contributed by atoms with Crippen LogP contribution in [0.2, 0.25) is 0 Å². The number of carbonyl (C=O) groups is 1. The lowest BCUT2D eigenvalue weighted by Gasteiger charge is -2.07. The molecule has 0 amide bonds. The second-order valence-corrected chi connectivity index (χ2v) is 4.78. The molecule has 3 nitrogen and oxygen atoms in total. The molecule has 0 heterocycles. The predicted molar refractivity (Wildman–Crippen MR) is 71.8 cm³/mol. The van der Waals surface area contributed by atoms with Crippen LogP contribution in [0.1, 0.15) is 15.9 Å². The summed E-state index contributed by atoms with van der Waals surface area (Å²) >= 11 is 3.34. The first-order valence-corrected chi connectivity index (χ1v) is 6.25. The fourth-order valence-electron chi connectivity index (χ4n) is 1.55. The molecule has 0 saturated heterocycles. The summed E-state index contributed by atoms with van der Waals surface area (Å²) in [7, 11) is 0. The first kappa shape index (κ1) is 13.5. The Labute approximate surface area is 117 Å². The fraction of sp³-hybridized carbons (Fsp3) is 0.0714. The Morgan fingerprint density at radius 3 is 2.68 bits per heavy atom. The molecular weight excluding hydrogens is 315 g/mol. The van der Waals surface area contributed by atoms with Crippen LogP contribution in [0.25, 0.3) is 0 Å². The molecular formula is C14H10BrFO3. The van der Waals surface area contributed by atoms with Gasteiger partial charge in [-0.2, -0.15) is 0 Å². The Hall–Kier alpha value is -1.88. The van der Waals surface area contributed by atoms with Gasteiger partial charge in [0.2, 0.25) is 0 Å². The SMILES string of the molecule is O=C(O)c1ccc(OCc2cccc(Br)c2)cc1F. The number of halogens is 2. The van der Waals surface area contributed by atoms with E-state index < -0.39 is 11.8 Å². The lowest BCUT2D eigenvalue weighted by atomic mass is 10.2. The summed E-state index contributed by atoms with van der Waals surface area (Å²) in [6.45, 7) is 0.283. The highest BCUT2D eigenvalue weighted by Gasteiger charge is 2.10. The van der Waals surface area contributed by atoms with E-state index in [4.69, 9.17) is 9.84 Å². The topological polar surface area (TPSA) is 46.5 Å². The maximum Gasteiger partial charge on any atom is 0.338 e. The van der Waals surface area contributed by atoms with E-state index in [9.17, 15) is 9.18 Å². The third-order valence-electron chi connectivity index (χ3n) is 2.47. The molecule has 19 heavy (non-hydrogen) atoms. The predicted octanol–water partition coefficient (Wildman–Crippen LogP) is 3.87. The van der Waals surface area contributed by atoms with Crippen molar-refractivity contribution in [2.45, 2.75) is 6.61 Å².